The summed E-state index contributed by atoms with van der Waals surface area (Å²) in [6, 6.07) is 14.2. The third-order valence-corrected chi connectivity index (χ3v) is 4.63. The van der Waals surface area contributed by atoms with Gasteiger partial charge < -0.3 is 15.3 Å². The van der Waals surface area contributed by atoms with E-state index in [0.29, 0.717) is 0 Å². The Hall–Kier alpha value is -2.00. The van der Waals surface area contributed by atoms with E-state index >= 15 is 0 Å². The van der Waals surface area contributed by atoms with E-state index in [0.717, 1.165) is 36.8 Å². The van der Waals surface area contributed by atoms with Gasteiger partial charge in [-0.2, -0.15) is 0 Å². The largest absolute Gasteiger partial charge is 0.508 e. The molecular formula is C18H20O3. The number of benzene rings is 2. The highest BCUT2D eigenvalue weighted by Crippen LogP contribution is 2.45. The van der Waals surface area contributed by atoms with Crippen molar-refractivity contribution in [2.45, 2.75) is 37.2 Å². The van der Waals surface area contributed by atoms with E-state index in [4.69, 9.17) is 0 Å². The number of hydrogen-bond donors (Lipinski definition) is 3. The third kappa shape index (κ3) is 2.38. The molecule has 0 heterocycles. The predicted molar refractivity (Wildman–Crippen MR) is 81.5 cm³/mol. The number of phenolic OH excluding ortho intramolecular Hbond substituents is 2. The lowest BCUT2D eigenvalue weighted by Crippen LogP contribution is -2.43. The lowest BCUT2D eigenvalue weighted by Gasteiger charge is -2.42. The first-order valence-electron chi connectivity index (χ1n) is 7.40. The van der Waals surface area contributed by atoms with Crippen LogP contribution in [-0.4, -0.2) is 21.4 Å². The maximum Gasteiger partial charge on any atom is 0.115 e. The number of aliphatic hydroxyl groups excluding tert-OH is 1. The molecule has 1 aliphatic carbocycles. The Morgan fingerprint density at radius 3 is 1.67 bits per heavy atom. The first kappa shape index (κ1) is 14.0. The van der Waals surface area contributed by atoms with Crippen LogP contribution in [-0.2, 0) is 5.41 Å². The Labute approximate surface area is 124 Å². The Bertz CT molecular complexity index is 556. The fraction of sp³-hybridized carbons (Fsp3) is 0.333. The number of rotatable bonds is 2. The molecule has 1 saturated carbocycles. The summed E-state index contributed by atoms with van der Waals surface area (Å²) < 4.78 is 0. The van der Waals surface area contributed by atoms with Crippen LogP contribution in [0.1, 0.15) is 36.8 Å². The van der Waals surface area contributed by atoms with E-state index in [1.54, 1.807) is 24.3 Å². The van der Waals surface area contributed by atoms with E-state index in [2.05, 4.69) is 0 Å². The van der Waals surface area contributed by atoms with Crippen LogP contribution in [0.15, 0.2) is 48.5 Å². The summed E-state index contributed by atoms with van der Waals surface area (Å²) in [7, 11) is 0. The first-order valence-corrected chi connectivity index (χ1v) is 7.40. The lowest BCUT2D eigenvalue weighted by atomic mass is 9.63. The highest BCUT2D eigenvalue weighted by molar-refractivity contribution is 5.44. The zero-order chi connectivity index (χ0) is 14.9. The van der Waals surface area contributed by atoms with Gasteiger partial charge in [0.1, 0.15) is 11.5 Å². The van der Waals surface area contributed by atoms with Crippen LogP contribution in [0.25, 0.3) is 0 Å². The lowest BCUT2D eigenvalue weighted by molar-refractivity contribution is 0.0638. The van der Waals surface area contributed by atoms with E-state index in [1.807, 2.05) is 24.3 Å². The Morgan fingerprint density at radius 2 is 1.24 bits per heavy atom. The van der Waals surface area contributed by atoms with E-state index in [1.165, 1.54) is 0 Å². The standard InChI is InChI=1S/C18H20O3/c19-15-8-4-13(5-9-15)18(12-2-1-3-17(18)21)14-6-10-16(20)11-7-14/h4-11,17,19-21H,1-3,12H2. The van der Waals surface area contributed by atoms with Crippen molar-refractivity contribution >= 4 is 0 Å². The van der Waals surface area contributed by atoms with Gasteiger partial charge in [-0.15, -0.1) is 0 Å². The van der Waals surface area contributed by atoms with E-state index < -0.39 is 11.5 Å². The molecule has 3 nitrogen and oxygen atoms in total. The summed E-state index contributed by atoms with van der Waals surface area (Å²) in [6.07, 6.45) is 3.25. The zero-order valence-electron chi connectivity index (χ0n) is 11.9. The fourth-order valence-corrected chi connectivity index (χ4v) is 3.51. The van der Waals surface area contributed by atoms with Gasteiger partial charge in [0.15, 0.2) is 0 Å². The van der Waals surface area contributed by atoms with Gasteiger partial charge >= 0.3 is 0 Å². The third-order valence-electron chi connectivity index (χ3n) is 4.63. The first-order chi connectivity index (χ1) is 10.1. The molecule has 0 aliphatic heterocycles. The molecule has 2 aromatic carbocycles. The van der Waals surface area contributed by atoms with Gasteiger partial charge in [0, 0.05) is 5.41 Å². The maximum atomic E-state index is 10.7. The molecule has 3 heteroatoms. The van der Waals surface area contributed by atoms with Crippen LogP contribution in [0.2, 0.25) is 0 Å². The molecule has 1 atom stereocenters. The van der Waals surface area contributed by atoms with Crippen molar-refractivity contribution in [2.24, 2.45) is 0 Å². The summed E-state index contributed by atoms with van der Waals surface area (Å²) in [4.78, 5) is 0. The molecule has 21 heavy (non-hydrogen) atoms. The van der Waals surface area contributed by atoms with Gasteiger partial charge in [-0.3, -0.25) is 0 Å². The number of phenols is 2. The van der Waals surface area contributed by atoms with Gasteiger partial charge in [0.05, 0.1) is 6.10 Å². The van der Waals surface area contributed by atoms with Crippen molar-refractivity contribution in [1.29, 1.82) is 0 Å². The minimum atomic E-state index is -0.459. The topological polar surface area (TPSA) is 60.7 Å². The molecule has 0 saturated heterocycles. The van der Waals surface area contributed by atoms with Gasteiger partial charge in [0.2, 0.25) is 0 Å². The minimum absolute atomic E-state index is 0.227. The van der Waals surface area contributed by atoms with Crippen LogP contribution >= 0.6 is 0 Å². The molecule has 0 bridgehead atoms. The van der Waals surface area contributed by atoms with Crippen LogP contribution in [0.5, 0.6) is 11.5 Å². The predicted octanol–water partition coefficient (Wildman–Crippen LogP) is 3.32. The molecule has 1 unspecified atom stereocenters. The summed E-state index contributed by atoms with van der Waals surface area (Å²) in [5, 5.41) is 29.8. The van der Waals surface area contributed by atoms with Crippen molar-refractivity contribution in [2.75, 3.05) is 0 Å². The molecule has 110 valence electrons. The smallest absolute Gasteiger partial charge is 0.115 e. The van der Waals surface area contributed by atoms with Gasteiger partial charge in [-0.05, 0) is 48.2 Å². The SMILES string of the molecule is Oc1ccc(C2(c3ccc(O)cc3)CCCCC2O)cc1. The second-order valence-corrected chi connectivity index (χ2v) is 5.83. The maximum absolute atomic E-state index is 10.7. The number of aliphatic hydroxyl groups is 1. The van der Waals surface area contributed by atoms with Gasteiger partial charge in [0.25, 0.3) is 0 Å². The van der Waals surface area contributed by atoms with Gasteiger partial charge in [-0.1, -0.05) is 37.1 Å². The molecule has 0 amide bonds. The molecule has 3 N–H and O–H groups in total. The van der Waals surface area contributed by atoms with Crippen LogP contribution < -0.4 is 0 Å². The van der Waals surface area contributed by atoms with E-state index in [-0.39, 0.29) is 11.5 Å². The number of hydrogen-bond acceptors (Lipinski definition) is 3. The average molecular weight is 284 g/mol. The summed E-state index contributed by atoms with van der Waals surface area (Å²) >= 11 is 0. The molecule has 0 aromatic heterocycles. The zero-order valence-corrected chi connectivity index (χ0v) is 11.9. The highest BCUT2D eigenvalue weighted by Gasteiger charge is 2.42. The van der Waals surface area contributed by atoms with Crippen molar-refractivity contribution in [3.05, 3.63) is 59.7 Å². The minimum Gasteiger partial charge on any atom is -0.508 e. The molecule has 0 spiro atoms. The summed E-state index contributed by atoms with van der Waals surface area (Å²) in [5.41, 5.74) is 1.57. The Morgan fingerprint density at radius 1 is 0.762 bits per heavy atom. The van der Waals surface area contributed by atoms with Crippen LogP contribution in [0.4, 0.5) is 0 Å². The highest BCUT2D eigenvalue weighted by atomic mass is 16.3. The molecular weight excluding hydrogens is 264 g/mol. The van der Waals surface area contributed by atoms with Crippen molar-refractivity contribution in [1.82, 2.24) is 0 Å². The quantitative estimate of drug-likeness (QED) is 0.793. The monoisotopic (exact) mass is 284 g/mol. The van der Waals surface area contributed by atoms with Crippen molar-refractivity contribution < 1.29 is 15.3 Å². The second-order valence-electron chi connectivity index (χ2n) is 5.83. The fourth-order valence-electron chi connectivity index (χ4n) is 3.51. The van der Waals surface area contributed by atoms with Gasteiger partial charge in [-0.25, -0.2) is 0 Å². The normalized spacial score (nSPS) is 21.1. The second kappa shape index (κ2) is 5.41. The van der Waals surface area contributed by atoms with Crippen LogP contribution in [0, 0.1) is 0 Å². The number of aromatic hydroxyl groups is 2. The van der Waals surface area contributed by atoms with E-state index in [9.17, 15) is 15.3 Å². The molecule has 1 fully saturated rings. The Balaban J connectivity index is 2.14. The molecule has 0 radical (unpaired) electrons. The summed E-state index contributed by atoms with van der Waals surface area (Å²) in [6.45, 7) is 0. The molecule has 1 aliphatic rings. The summed E-state index contributed by atoms with van der Waals surface area (Å²) in [5.74, 6) is 0.454. The van der Waals surface area contributed by atoms with Crippen molar-refractivity contribution in [3.63, 3.8) is 0 Å². The Kier molecular flexibility index (Phi) is 3.60. The molecule has 2 aromatic rings. The van der Waals surface area contributed by atoms with Crippen LogP contribution in [0.3, 0.4) is 0 Å². The van der Waals surface area contributed by atoms with Crippen molar-refractivity contribution in [3.8, 4) is 11.5 Å². The molecule has 3 rings (SSSR count). The average Bonchev–Trinajstić information content (AvgIpc) is 2.50.